The molecule has 3 amide bonds. The highest BCUT2D eigenvalue weighted by atomic mass is 19.1. The zero-order valence-corrected chi connectivity index (χ0v) is 20.7. The number of likely N-dealkylation sites (N-methyl/N-ethyl adjacent to an activating group) is 2. The van der Waals surface area contributed by atoms with Crippen LogP contribution in [-0.4, -0.2) is 71.7 Å². The molecule has 1 saturated carbocycles. The number of carbonyl (C=O) groups excluding carboxylic acids is 3. The number of rotatable bonds is 11. The van der Waals surface area contributed by atoms with Gasteiger partial charge in [0.05, 0.1) is 26.1 Å². The van der Waals surface area contributed by atoms with E-state index in [1.54, 1.807) is 14.1 Å². The molecular weight excluding hydrogens is 457 g/mol. The lowest BCUT2D eigenvalue weighted by Gasteiger charge is -2.33. The zero-order valence-electron chi connectivity index (χ0n) is 20.7. The van der Waals surface area contributed by atoms with Gasteiger partial charge < -0.3 is 5.32 Å². The van der Waals surface area contributed by atoms with Crippen LogP contribution in [0.25, 0.3) is 0 Å². The first-order chi connectivity index (χ1) is 16.7. The van der Waals surface area contributed by atoms with Crippen LogP contribution < -0.4 is 20.7 Å². The van der Waals surface area contributed by atoms with Crippen molar-refractivity contribution in [3.05, 3.63) is 11.6 Å². The van der Waals surface area contributed by atoms with Gasteiger partial charge in [0.2, 0.25) is 18.1 Å². The molecule has 2 aliphatic rings. The van der Waals surface area contributed by atoms with Gasteiger partial charge in [-0.3, -0.25) is 34.9 Å². The van der Waals surface area contributed by atoms with Crippen LogP contribution >= 0.6 is 0 Å². The summed E-state index contributed by atoms with van der Waals surface area (Å²) in [6.45, 7) is 2.23. The molecule has 0 aromatic carbocycles. The summed E-state index contributed by atoms with van der Waals surface area (Å²) in [6, 6.07) is -0.480. The van der Waals surface area contributed by atoms with E-state index in [4.69, 9.17) is 0 Å². The Kier molecular flexibility index (Phi) is 8.95. The summed E-state index contributed by atoms with van der Waals surface area (Å²) in [5.74, 6) is -1.42. The molecule has 35 heavy (non-hydrogen) atoms. The van der Waals surface area contributed by atoms with E-state index in [0.29, 0.717) is 42.6 Å². The fourth-order valence-electron chi connectivity index (χ4n) is 5.33. The number of nitrogens with zero attached hydrogens (tertiary/aromatic N) is 4. The first kappa shape index (κ1) is 26.7. The normalized spacial score (nSPS) is 23.1. The first-order valence-electron chi connectivity index (χ1n) is 12.3. The SMILES string of the molecule is CCc1nc(NNC(=O)[C@H](CC2CCCC2)CN(O)C=O)c(F)c([N+]2(C)CCC[C@H]2C(=O)NC)n1. The highest BCUT2D eigenvalue weighted by Gasteiger charge is 2.48. The van der Waals surface area contributed by atoms with Gasteiger partial charge >= 0.3 is 0 Å². The van der Waals surface area contributed by atoms with Gasteiger partial charge in [0.25, 0.3) is 11.7 Å². The second kappa shape index (κ2) is 11.7. The maximum absolute atomic E-state index is 15.7. The number of hydrogen-bond donors (Lipinski definition) is 4. The quantitative estimate of drug-likeness (QED) is 0.158. The third kappa shape index (κ3) is 6.04. The average molecular weight is 495 g/mol. The van der Waals surface area contributed by atoms with Crippen LogP contribution in [-0.2, 0) is 20.8 Å². The molecule has 4 N–H and O–H groups in total. The Morgan fingerprint density at radius 2 is 1.97 bits per heavy atom. The number of hydroxylamine groups is 2. The van der Waals surface area contributed by atoms with Crippen LogP contribution in [0, 0.1) is 17.7 Å². The molecule has 1 saturated heterocycles. The van der Waals surface area contributed by atoms with Crippen molar-refractivity contribution in [3.8, 4) is 0 Å². The zero-order chi connectivity index (χ0) is 25.6. The number of quaternary nitrogens is 1. The lowest BCUT2D eigenvalue weighted by molar-refractivity contribution is -0.154. The van der Waals surface area contributed by atoms with Gasteiger partial charge in [0.15, 0.2) is 11.9 Å². The molecular formula is C23H37FN7O4+. The third-order valence-corrected chi connectivity index (χ3v) is 7.31. The minimum Gasteiger partial charge on any atom is -0.354 e. The van der Waals surface area contributed by atoms with Crippen LogP contribution in [0.4, 0.5) is 16.0 Å². The smallest absolute Gasteiger partial charge is 0.278 e. The van der Waals surface area contributed by atoms with Gasteiger partial charge in [-0.05, 0) is 12.3 Å². The van der Waals surface area contributed by atoms with Crippen molar-refractivity contribution < 1.29 is 24.0 Å². The Balaban J connectivity index is 1.82. The molecule has 1 aromatic rings. The molecule has 2 heterocycles. The largest absolute Gasteiger partial charge is 0.354 e. The molecule has 11 nitrogen and oxygen atoms in total. The Morgan fingerprint density at radius 3 is 2.60 bits per heavy atom. The van der Waals surface area contributed by atoms with E-state index in [2.05, 4.69) is 26.1 Å². The summed E-state index contributed by atoms with van der Waals surface area (Å²) in [4.78, 5) is 45.0. The molecule has 1 aromatic heterocycles. The average Bonchev–Trinajstić information content (AvgIpc) is 3.52. The van der Waals surface area contributed by atoms with Gasteiger partial charge in [-0.2, -0.15) is 9.37 Å². The summed E-state index contributed by atoms with van der Waals surface area (Å²) in [6.07, 6.45) is 6.74. The highest BCUT2D eigenvalue weighted by molar-refractivity contribution is 5.84. The van der Waals surface area contributed by atoms with Crippen molar-refractivity contribution >= 4 is 29.9 Å². The summed E-state index contributed by atoms with van der Waals surface area (Å²) in [5, 5.41) is 12.8. The van der Waals surface area contributed by atoms with Crippen LogP contribution in [0.3, 0.4) is 0 Å². The van der Waals surface area contributed by atoms with Gasteiger partial charge in [0.1, 0.15) is 5.82 Å². The molecule has 194 valence electrons. The minimum absolute atomic E-state index is 0.00671. The van der Waals surface area contributed by atoms with Crippen LogP contribution in [0.1, 0.15) is 57.7 Å². The van der Waals surface area contributed by atoms with Gasteiger partial charge in [-0.1, -0.05) is 32.6 Å². The van der Waals surface area contributed by atoms with E-state index in [-0.39, 0.29) is 35.0 Å². The molecule has 1 unspecified atom stereocenters. The number of amides is 3. The summed E-state index contributed by atoms with van der Waals surface area (Å²) in [7, 11) is 3.34. The maximum Gasteiger partial charge on any atom is 0.278 e. The minimum atomic E-state index is -0.732. The van der Waals surface area contributed by atoms with E-state index in [1.807, 2.05) is 6.92 Å². The molecule has 1 aliphatic heterocycles. The van der Waals surface area contributed by atoms with Crippen molar-refractivity contribution in [1.29, 1.82) is 0 Å². The van der Waals surface area contributed by atoms with E-state index < -0.39 is 23.7 Å². The Bertz CT molecular complexity index is 927. The summed E-state index contributed by atoms with van der Waals surface area (Å²) >= 11 is 0. The van der Waals surface area contributed by atoms with E-state index >= 15 is 4.39 Å². The van der Waals surface area contributed by atoms with Crippen molar-refractivity contribution in [3.63, 3.8) is 0 Å². The molecule has 3 atom stereocenters. The number of hydrogen-bond acceptors (Lipinski definition) is 7. The van der Waals surface area contributed by atoms with Gasteiger partial charge in [-0.25, -0.2) is 10.0 Å². The molecule has 3 rings (SSSR count). The third-order valence-electron chi connectivity index (χ3n) is 7.31. The Hall–Kier alpha value is -2.86. The fourth-order valence-corrected chi connectivity index (χ4v) is 5.33. The number of anilines is 1. The van der Waals surface area contributed by atoms with Crippen molar-refractivity contribution in [2.24, 2.45) is 11.8 Å². The van der Waals surface area contributed by atoms with E-state index in [0.717, 1.165) is 32.1 Å². The van der Waals surface area contributed by atoms with Crippen molar-refractivity contribution in [2.45, 2.75) is 64.3 Å². The van der Waals surface area contributed by atoms with Crippen molar-refractivity contribution in [2.75, 3.05) is 32.6 Å². The lowest BCUT2D eigenvalue weighted by atomic mass is 9.92. The number of carbonyl (C=O) groups is 3. The number of likely N-dealkylation sites (tertiary alicyclic amines) is 1. The number of hydrazine groups is 1. The van der Waals surface area contributed by atoms with E-state index in [1.165, 1.54) is 0 Å². The molecule has 12 heteroatoms. The number of nitrogens with one attached hydrogen (secondary N) is 3. The topological polar surface area (TPSA) is 137 Å². The predicted octanol–water partition coefficient (Wildman–Crippen LogP) is 1.51. The van der Waals surface area contributed by atoms with Crippen molar-refractivity contribution in [1.82, 2.24) is 30.3 Å². The van der Waals surface area contributed by atoms with Gasteiger partial charge in [0, 0.05) is 26.3 Å². The fraction of sp³-hybridized carbons (Fsp3) is 0.696. The van der Waals surface area contributed by atoms with E-state index in [9.17, 15) is 19.6 Å². The standard InChI is InChI=1S/C23H36FN7O4/c1-4-18-26-20(19(24)21(27-18)31(3)11-7-10-17(31)23(34)25-2)28-29-22(33)16(13-30(35)14-32)12-15-8-5-6-9-15/h14-17,35H,4-13H2,1-3H3,(H2-,25,26,27,28,29,33,34)/p+1/t16-,17+,31?/m1/s1. The van der Waals surface area contributed by atoms with Crippen LogP contribution in [0.5, 0.6) is 0 Å². The first-order valence-corrected chi connectivity index (χ1v) is 12.3. The molecule has 0 bridgehead atoms. The molecule has 1 aliphatic carbocycles. The lowest BCUT2D eigenvalue weighted by Crippen LogP contribution is -2.56. The predicted molar refractivity (Wildman–Crippen MR) is 127 cm³/mol. The molecule has 2 fully saturated rings. The Labute approximate surface area is 205 Å². The second-order valence-electron chi connectivity index (χ2n) is 9.67. The Morgan fingerprint density at radius 1 is 1.26 bits per heavy atom. The molecule has 0 spiro atoms. The summed E-state index contributed by atoms with van der Waals surface area (Å²) < 4.78 is 15.7. The van der Waals surface area contributed by atoms with Crippen LogP contribution in [0.15, 0.2) is 0 Å². The van der Waals surface area contributed by atoms with Gasteiger partial charge in [-0.15, -0.1) is 0 Å². The highest BCUT2D eigenvalue weighted by Crippen LogP contribution is 2.35. The number of aryl methyl sites for hydroxylation is 1. The number of aromatic nitrogens is 2. The summed E-state index contributed by atoms with van der Waals surface area (Å²) in [5.41, 5.74) is 5.11. The number of halogens is 1. The maximum atomic E-state index is 15.7. The second-order valence-corrected chi connectivity index (χ2v) is 9.67. The molecule has 0 radical (unpaired) electrons. The van der Waals surface area contributed by atoms with Crippen LogP contribution in [0.2, 0.25) is 0 Å². The monoisotopic (exact) mass is 494 g/mol.